The molecule has 0 fully saturated rings. The summed E-state index contributed by atoms with van der Waals surface area (Å²) in [6.07, 6.45) is 2.00. The van der Waals surface area contributed by atoms with E-state index in [4.69, 9.17) is 0 Å². The van der Waals surface area contributed by atoms with Crippen LogP contribution in [0.15, 0.2) is 30.3 Å². The van der Waals surface area contributed by atoms with Gasteiger partial charge in [-0.2, -0.15) is 61.0 Å². The molecule has 0 atom stereocenters. The van der Waals surface area contributed by atoms with E-state index in [1.54, 1.807) is 0 Å². The largest absolute Gasteiger partial charge is 3.00 e. The zero-order valence-corrected chi connectivity index (χ0v) is 15.2. The van der Waals surface area contributed by atoms with Gasteiger partial charge < -0.3 is 41.6 Å². The first-order chi connectivity index (χ1) is 7.83. The standard InChI is InChI=1S/C6H5.2C3H7.Mo.H3O2PS2/c1-2-4-6-5-3-1;2*1-3-2;;1-3(2,4)5/h1-5H;2*1,3H2,2H3;;(H3,1,2,4,5)/q3*-1;+3;/p-3. The van der Waals surface area contributed by atoms with Crippen LogP contribution < -0.4 is 9.79 Å². The summed E-state index contributed by atoms with van der Waals surface area (Å²) in [5.41, 5.74) is -3.72. The van der Waals surface area contributed by atoms with Gasteiger partial charge >= 0.3 is 21.1 Å². The van der Waals surface area contributed by atoms with Gasteiger partial charge in [0.05, 0.1) is 0 Å². The summed E-state index contributed by atoms with van der Waals surface area (Å²) in [5, 5.41) is 0. The van der Waals surface area contributed by atoms with Gasteiger partial charge in [0.25, 0.3) is 0 Å². The van der Waals surface area contributed by atoms with E-state index in [1.807, 2.05) is 44.2 Å². The average Bonchev–Trinajstić information content (AvgIpc) is 2.20. The number of hydrogen-bond donors (Lipinski definition) is 0. The molecule has 0 heterocycles. The summed E-state index contributed by atoms with van der Waals surface area (Å²) < 4.78 is 0. The summed E-state index contributed by atoms with van der Waals surface area (Å²) in [5.74, 6) is 0. The molecular formula is C12H19MoO2PS2-3. The van der Waals surface area contributed by atoms with Crippen molar-refractivity contribution in [3.05, 3.63) is 50.2 Å². The summed E-state index contributed by atoms with van der Waals surface area (Å²) in [6.45, 7) is 11.0. The Balaban J connectivity index is -0.0000000752. The van der Waals surface area contributed by atoms with Crippen molar-refractivity contribution in [2.24, 2.45) is 0 Å². The van der Waals surface area contributed by atoms with E-state index in [-0.39, 0.29) is 21.1 Å². The Bertz CT molecular complexity index is 219. The minimum Gasteiger partial charge on any atom is -0.850 e. The number of benzene rings is 1. The van der Waals surface area contributed by atoms with E-state index in [9.17, 15) is 9.79 Å². The fourth-order valence-corrected chi connectivity index (χ4v) is 0.342. The van der Waals surface area contributed by atoms with Gasteiger partial charge in [-0.25, -0.2) is 0 Å². The van der Waals surface area contributed by atoms with Crippen molar-refractivity contribution in [3.8, 4) is 0 Å². The molecule has 6 heteroatoms. The van der Waals surface area contributed by atoms with Gasteiger partial charge in [-0.1, -0.05) is 13.8 Å². The molecular weight excluding hydrogens is 367 g/mol. The van der Waals surface area contributed by atoms with Crippen molar-refractivity contribution in [3.63, 3.8) is 0 Å². The molecule has 0 aromatic heterocycles. The molecule has 0 unspecified atom stereocenters. The molecule has 0 bridgehead atoms. The topological polar surface area (TPSA) is 46.1 Å². The quantitative estimate of drug-likeness (QED) is 0.297. The van der Waals surface area contributed by atoms with Crippen LogP contribution in [0.4, 0.5) is 0 Å². The summed E-state index contributed by atoms with van der Waals surface area (Å²) in [4.78, 5) is 18.6. The monoisotopic (exact) mass is 388 g/mol. The van der Waals surface area contributed by atoms with Crippen LogP contribution in [0.5, 0.6) is 0 Å². The third-order valence-electron chi connectivity index (χ3n) is 0.607. The van der Waals surface area contributed by atoms with Gasteiger partial charge in [-0.3, -0.25) is 0 Å². The maximum atomic E-state index is 9.29. The maximum Gasteiger partial charge on any atom is 3.00 e. The molecule has 0 saturated carbocycles. The third kappa shape index (κ3) is 90.4. The maximum absolute atomic E-state index is 9.29. The second-order valence-electron chi connectivity index (χ2n) is 2.52. The summed E-state index contributed by atoms with van der Waals surface area (Å²) >= 11 is 7.28. The zero-order valence-electron chi connectivity index (χ0n) is 10.7. The van der Waals surface area contributed by atoms with Gasteiger partial charge in [0.1, 0.15) is 0 Å². The fraction of sp³-hybridized carbons (Fsp3) is 0.333. The molecule has 2 nitrogen and oxygen atoms in total. The average molecular weight is 386 g/mol. The second kappa shape index (κ2) is 23.0. The Morgan fingerprint density at radius 3 is 1.39 bits per heavy atom. The molecule has 0 spiro atoms. The molecule has 1 radical (unpaired) electrons. The first-order valence-corrected chi connectivity index (χ1v) is 8.71. The van der Waals surface area contributed by atoms with Crippen molar-refractivity contribution in [1.29, 1.82) is 0 Å². The van der Waals surface area contributed by atoms with Crippen molar-refractivity contribution < 1.29 is 30.9 Å². The Morgan fingerprint density at radius 2 is 1.33 bits per heavy atom. The zero-order chi connectivity index (χ0) is 14.2. The molecule has 105 valence electrons. The molecule has 1 aromatic carbocycles. The molecule has 18 heavy (non-hydrogen) atoms. The van der Waals surface area contributed by atoms with E-state index >= 15 is 0 Å². The van der Waals surface area contributed by atoms with Crippen molar-refractivity contribution >= 4 is 29.7 Å². The predicted octanol–water partition coefficient (Wildman–Crippen LogP) is 2.42. The van der Waals surface area contributed by atoms with Gasteiger partial charge in [-0.05, 0) is 0 Å². The van der Waals surface area contributed by atoms with Crippen LogP contribution in [0.1, 0.15) is 26.7 Å². The van der Waals surface area contributed by atoms with E-state index < -0.39 is 5.69 Å². The van der Waals surface area contributed by atoms with Gasteiger partial charge in [0, 0.05) is 0 Å². The van der Waals surface area contributed by atoms with Crippen molar-refractivity contribution in [2.45, 2.75) is 26.7 Å². The van der Waals surface area contributed by atoms with Gasteiger partial charge in [0.15, 0.2) is 0 Å². The van der Waals surface area contributed by atoms with E-state index in [0.29, 0.717) is 0 Å². The van der Waals surface area contributed by atoms with Gasteiger partial charge in [-0.15, -0.1) is 0 Å². The summed E-state index contributed by atoms with van der Waals surface area (Å²) in [7, 11) is 0. The van der Waals surface area contributed by atoms with Crippen LogP contribution in [-0.2, 0) is 45.1 Å². The Kier molecular flexibility index (Phi) is 34.7. The minimum atomic E-state index is -3.72. The smallest absolute Gasteiger partial charge is 0.850 e. The predicted molar refractivity (Wildman–Crippen MR) is 78.2 cm³/mol. The molecule has 0 aliphatic carbocycles. The van der Waals surface area contributed by atoms with Crippen LogP contribution >= 0.6 is 5.69 Å². The van der Waals surface area contributed by atoms with Crippen LogP contribution in [0.2, 0.25) is 0 Å². The normalized spacial score (nSPS) is 7.94. The Labute approximate surface area is 137 Å². The SMILES string of the molecule is [CH2-]CC.[CH2-]CC.[Mo+3].[O-]P([O-])(=S)[S-].[c-]1ccccc1. The van der Waals surface area contributed by atoms with Crippen molar-refractivity contribution in [2.75, 3.05) is 0 Å². The molecule has 0 N–H and O–H groups in total. The first-order valence-electron chi connectivity index (χ1n) is 5.06. The summed E-state index contributed by atoms with van der Waals surface area (Å²) in [6, 6.07) is 12.5. The number of rotatable bonds is 0. The minimum absolute atomic E-state index is 0. The third-order valence-corrected chi connectivity index (χ3v) is 0.607. The van der Waals surface area contributed by atoms with E-state index in [0.717, 1.165) is 12.8 Å². The number of hydrogen-bond acceptors (Lipinski definition) is 4. The Hall–Kier alpha value is 0.828. The fourth-order valence-electron chi connectivity index (χ4n) is 0.342. The van der Waals surface area contributed by atoms with Crippen LogP contribution in [0, 0.1) is 19.9 Å². The van der Waals surface area contributed by atoms with Gasteiger partial charge in [0.2, 0.25) is 0 Å². The molecule has 1 rings (SSSR count). The van der Waals surface area contributed by atoms with Crippen LogP contribution in [-0.4, -0.2) is 0 Å². The van der Waals surface area contributed by atoms with Crippen LogP contribution in [0.25, 0.3) is 0 Å². The van der Waals surface area contributed by atoms with E-state index in [2.05, 4.69) is 44.0 Å². The molecule has 0 saturated heterocycles. The molecule has 1 aromatic rings. The van der Waals surface area contributed by atoms with Crippen molar-refractivity contribution in [1.82, 2.24) is 0 Å². The molecule has 0 aliphatic heterocycles. The Morgan fingerprint density at radius 1 is 1.11 bits per heavy atom. The van der Waals surface area contributed by atoms with Crippen LogP contribution in [0.3, 0.4) is 0 Å². The second-order valence-corrected chi connectivity index (χ2v) is 7.00. The molecule has 0 amide bonds. The molecule has 0 aliphatic rings. The van der Waals surface area contributed by atoms with E-state index in [1.165, 1.54) is 0 Å². The first kappa shape index (κ1) is 27.2.